The Balaban J connectivity index is 1.86. The Morgan fingerprint density at radius 2 is 1.72 bits per heavy atom. The summed E-state index contributed by atoms with van der Waals surface area (Å²) in [5.41, 5.74) is 1.20. The van der Waals surface area contributed by atoms with Gasteiger partial charge in [-0.2, -0.15) is 0 Å². The summed E-state index contributed by atoms with van der Waals surface area (Å²) in [6, 6.07) is 18.7. The fraction of sp³-hybridized carbons (Fsp3) is 0.217. The summed E-state index contributed by atoms with van der Waals surface area (Å²) in [6.07, 6.45) is 0. The lowest BCUT2D eigenvalue weighted by molar-refractivity contribution is -0.145. The third kappa shape index (κ3) is 4.90. The van der Waals surface area contributed by atoms with Crippen LogP contribution in [-0.2, 0) is 16.1 Å². The molecule has 0 saturated heterocycles. The van der Waals surface area contributed by atoms with Crippen molar-refractivity contribution in [1.29, 1.82) is 0 Å². The zero-order valence-corrected chi connectivity index (χ0v) is 16.3. The number of carbonyl (C=O) groups excluding carboxylic acids is 2. The van der Waals surface area contributed by atoms with Crippen LogP contribution in [0.5, 0.6) is 0 Å². The molecule has 3 rings (SSSR count). The smallest absolute Gasteiger partial charge is 0.310 e. The summed E-state index contributed by atoms with van der Waals surface area (Å²) >= 11 is 0. The standard InChI is InChI=1S/C23H22FNO4/c1-16(23(27)28-2)14-25(15-17-8-4-3-5-9-17)22(26)21-13-12-20(29-21)18-10-6-7-11-19(18)24/h3-13,16H,14-15H2,1-2H3. The first-order valence-corrected chi connectivity index (χ1v) is 9.25. The number of ether oxygens (including phenoxy) is 1. The average molecular weight is 395 g/mol. The second kappa shape index (κ2) is 9.19. The molecule has 0 spiro atoms. The minimum absolute atomic E-state index is 0.0799. The highest BCUT2D eigenvalue weighted by atomic mass is 19.1. The molecule has 0 aliphatic heterocycles. The molecule has 1 atom stereocenters. The third-order valence-electron chi connectivity index (χ3n) is 4.56. The van der Waals surface area contributed by atoms with Crippen LogP contribution < -0.4 is 0 Å². The van der Waals surface area contributed by atoms with Gasteiger partial charge < -0.3 is 14.1 Å². The van der Waals surface area contributed by atoms with Gasteiger partial charge in [-0.05, 0) is 29.8 Å². The molecule has 0 radical (unpaired) electrons. The Morgan fingerprint density at radius 3 is 2.41 bits per heavy atom. The Labute approximate surface area is 168 Å². The summed E-state index contributed by atoms with van der Waals surface area (Å²) in [6.45, 7) is 2.16. The molecule has 1 heterocycles. The van der Waals surface area contributed by atoms with Crippen molar-refractivity contribution in [1.82, 2.24) is 4.90 Å². The zero-order chi connectivity index (χ0) is 20.8. The van der Waals surface area contributed by atoms with Crippen molar-refractivity contribution in [2.24, 2.45) is 5.92 Å². The van der Waals surface area contributed by atoms with Gasteiger partial charge in [0, 0.05) is 13.1 Å². The van der Waals surface area contributed by atoms with Crippen LogP contribution in [0.1, 0.15) is 23.0 Å². The van der Waals surface area contributed by atoms with Gasteiger partial charge in [-0.15, -0.1) is 0 Å². The Kier molecular flexibility index (Phi) is 6.44. The van der Waals surface area contributed by atoms with Crippen molar-refractivity contribution in [2.75, 3.05) is 13.7 Å². The van der Waals surface area contributed by atoms with E-state index in [0.717, 1.165) is 5.56 Å². The van der Waals surface area contributed by atoms with Gasteiger partial charge in [-0.1, -0.05) is 49.4 Å². The summed E-state index contributed by atoms with van der Waals surface area (Å²) in [5.74, 6) is -1.37. The van der Waals surface area contributed by atoms with Gasteiger partial charge in [-0.25, -0.2) is 4.39 Å². The van der Waals surface area contributed by atoms with Crippen LogP contribution in [0.25, 0.3) is 11.3 Å². The molecule has 0 N–H and O–H groups in total. The molecule has 0 aliphatic rings. The summed E-state index contributed by atoms with van der Waals surface area (Å²) < 4.78 is 24.5. The van der Waals surface area contributed by atoms with Crippen LogP contribution in [0.3, 0.4) is 0 Å². The third-order valence-corrected chi connectivity index (χ3v) is 4.56. The highest BCUT2D eigenvalue weighted by Gasteiger charge is 2.25. The van der Waals surface area contributed by atoms with Gasteiger partial charge in [0.05, 0.1) is 18.6 Å². The molecule has 3 aromatic rings. The van der Waals surface area contributed by atoms with Crippen molar-refractivity contribution in [2.45, 2.75) is 13.5 Å². The van der Waals surface area contributed by atoms with Crippen LogP contribution in [0.2, 0.25) is 0 Å². The second-order valence-corrected chi connectivity index (χ2v) is 6.74. The van der Waals surface area contributed by atoms with E-state index in [1.54, 1.807) is 31.2 Å². The van der Waals surface area contributed by atoms with Crippen LogP contribution in [0.4, 0.5) is 4.39 Å². The highest BCUT2D eigenvalue weighted by molar-refractivity contribution is 5.92. The number of furan rings is 1. The first kappa shape index (κ1) is 20.3. The van der Waals surface area contributed by atoms with Crippen molar-refractivity contribution >= 4 is 11.9 Å². The molecule has 5 nitrogen and oxygen atoms in total. The van der Waals surface area contributed by atoms with Crippen molar-refractivity contribution in [3.05, 3.63) is 83.9 Å². The normalized spacial score (nSPS) is 11.7. The van der Waals surface area contributed by atoms with E-state index < -0.39 is 17.7 Å². The van der Waals surface area contributed by atoms with E-state index >= 15 is 0 Å². The Morgan fingerprint density at radius 1 is 1.03 bits per heavy atom. The van der Waals surface area contributed by atoms with E-state index in [2.05, 4.69) is 0 Å². The molecular formula is C23H22FNO4. The van der Waals surface area contributed by atoms with Crippen LogP contribution in [0.15, 0.2) is 71.1 Å². The number of hydrogen-bond acceptors (Lipinski definition) is 4. The molecule has 1 aromatic heterocycles. The maximum Gasteiger partial charge on any atom is 0.310 e. The lowest BCUT2D eigenvalue weighted by Crippen LogP contribution is -2.36. The number of hydrogen-bond donors (Lipinski definition) is 0. The molecule has 0 fully saturated rings. The maximum absolute atomic E-state index is 14.0. The number of nitrogens with zero attached hydrogens (tertiary/aromatic N) is 1. The van der Waals surface area contributed by atoms with E-state index in [4.69, 9.17) is 9.15 Å². The number of esters is 1. The number of amides is 1. The second-order valence-electron chi connectivity index (χ2n) is 6.74. The first-order chi connectivity index (χ1) is 14.0. The molecule has 150 valence electrons. The maximum atomic E-state index is 14.0. The molecule has 0 saturated carbocycles. The molecule has 0 bridgehead atoms. The fourth-order valence-corrected chi connectivity index (χ4v) is 3.04. The molecule has 6 heteroatoms. The highest BCUT2D eigenvalue weighted by Crippen LogP contribution is 2.26. The number of benzene rings is 2. The van der Waals surface area contributed by atoms with Crippen molar-refractivity contribution in [3.8, 4) is 11.3 Å². The molecule has 2 aromatic carbocycles. The molecule has 29 heavy (non-hydrogen) atoms. The zero-order valence-electron chi connectivity index (χ0n) is 16.3. The van der Waals surface area contributed by atoms with Crippen molar-refractivity contribution in [3.63, 3.8) is 0 Å². The number of carbonyl (C=O) groups is 2. The summed E-state index contributed by atoms with van der Waals surface area (Å²) in [4.78, 5) is 26.5. The van der Waals surface area contributed by atoms with Gasteiger partial charge in [0.1, 0.15) is 11.6 Å². The Hall–Kier alpha value is -3.41. The minimum atomic E-state index is -0.506. The van der Waals surface area contributed by atoms with Gasteiger partial charge in [0.2, 0.25) is 0 Å². The monoisotopic (exact) mass is 395 g/mol. The largest absolute Gasteiger partial charge is 0.469 e. The lowest BCUT2D eigenvalue weighted by atomic mass is 10.1. The quantitative estimate of drug-likeness (QED) is 0.551. The van der Waals surface area contributed by atoms with Gasteiger partial charge >= 0.3 is 5.97 Å². The van der Waals surface area contributed by atoms with Gasteiger partial charge in [-0.3, -0.25) is 9.59 Å². The molecule has 1 amide bonds. The lowest BCUT2D eigenvalue weighted by Gasteiger charge is -2.24. The predicted molar refractivity (Wildman–Crippen MR) is 106 cm³/mol. The van der Waals surface area contributed by atoms with E-state index in [0.29, 0.717) is 6.54 Å². The average Bonchev–Trinajstić information content (AvgIpc) is 3.23. The number of methoxy groups -OCH3 is 1. The predicted octanol–water partition coefficient (Wildman–Crippen LogP) is 4.54. The summed E-state index contributed by atoms with van der Waals surface area (Å²) in [7, 11) is 1.31. The van der Waals surface area contributed by atoms with E-state index in [1.165, 1.54) is 24.1 Å². The van der Waals surface area contributed by atoms with Crippen molar-refractivity contribution < 1.29 is 23.1 Å². The number of rotatable bonds is 7. The van der Waals surface area contributed by atoms with E-state index in [9.17, 15) is 14.0 Å². The molecule has 1 unspecified atom stereocenters. The first-order valence-electron chi connectivity index (χ1n) is 9.25. The SMILES string of the molecule is COC(=O)C(C)CN(Cc1ccccc1)C(=O)c1ccc(-c2ccccc2F)o1. The van der Waals surface area contributed by atoms with Crippen LogP contribution in [-0.4, -0.2) is 30.4 Å². The fourth-order valence-electron chi connectivity index (χ4n) is 3.04. The number of halogens is 1. The minimum Gasteiger partial charge on any atom is -0.469 e. The molecular weight excluding hydrogens is 373 g/mol. The van der Waals surface area contributed by atoms with E-state index in [-0.39, 0.29) is 29.5 Å². The van der Waals surface area contributed by atoms with Gasteiger partial charge in [0.15, 0.2) is 5.76 Å². The Bertz CT molecular complexity index is 983. The van der Waals surface area contributed by atoms with Crippen LogP contribution in [0, 0.1) is 11.7 Å². The summed E-state index contributed by atoms with van der Waals surface area (Å²) in [5, 5.41) is 0. The van der Waals surface area contributed by atoms with Crippen LogP contribution >= 0.6 is 0 Å². The van der Waals surface area contributed by atoms with E-state index in [1.807, 2.05) is 30.3 Å². The topological polar surface area (TPSA) is 59.8 Å². The molecule has 0 aliphatic carbocycles. The van der Waals surface area contributed by atoms with Gasteiger partial charge in [0.25, 0.3) is 5.91 Å².